The van der Waals surface area contributed by atoms with E-state index < -0.39 is 0 Å². The fourth-order valence-corrected chi connectivity index (χ4v) is 1.28. The summed E-state index contributed by atoms with van der Waals surface area (Å²) in [4.78, 5) is 0. The molecule has 1 heteroatoms. The van der Waals surface area contributed by atoms with Crippen molar-refractivity contribution in [3.63, 3.8) is 0 Å². The van der Waals surface area contributed by atoms with E-state index in [1.807, 2.05) is 6.08 Å². The van der Waals surface area contributed by atoms with Gasteiger partial charge in [-0.15, -0.1) is 0 Å². The average Bonchev–Trinajstić information content (AvgIpc) is 2.10. The van der Waals surface area contributed by atoms with Crippen LogP contribution in [0.1, 0.15) is 46.5 Å². The first-order valence-corrected chi connectivity index (χ1v) is 5.53. The van der Waals surface area contributed by atoms with Gasteiger partial charge in [-0.3, -0.25) is 0 Å². The molecule has 0 rings (SSSR count). The zero-order valence-electron chi connectivity index (χ0n) is 9.42. The van der Waals surface area contributed by atoms with Crippen LogP contribution in [0, 0.1) is 11.8 Å². The van der Waals surface area contributed by atoms with Crippen LogP contribution in [0.15, 0.2) is 12.2 Å². The number of rotatable bonds is 7. The molecule has 0 aliphatic carbocycles. The second-order valence-corrected chi connectivity index (χ2v) is 4.21. The molecule has 1 nitrogen and oxygen atoms in total. The van der Waals surface area contributed by atoms with Gasteiger partial charge in [0.15, 0.2) is 0 Å². The Morgan fingerprint density at radius 2 is 1.77 bits per heavy atom. The van der Waals surface area contributed by atoms with Crippen molar-refractivity contribution < 1.29 is 0 Å². The van der Waals surface area contributed by atoms with Crippen LogP contribution in [0.5, 0.6) is 0 Å². The molecule has 0 aromatic rings. The minimum absolute atomic E-state index is 0.683. The largest absolute Gasteiger partial charge is 0.327 e. The molecule has 0 bridgehead atoms. The summed E-state index contributed by atoms with van der Waals surface area (Å²) in [6.07, 6.45) is 9.48. The van der Waals surface area contributed by atoms with Crippen LogP contribution in [0.4, 0.5) is 0 Å². The van der Waals surface area contributed by atoms with Crippen molar-refractivity contribution >= 4 is 0 Å². The molecule has 78 valence electrons. The van der Waals surface area contributed by atoms with Crippen LogP contribution in [-0.4, -0.2) is 6.54 Å². The summed E-state index contributed by atoms with van der Waals surface area (Å²) in [6, 6.07) is 0. The molecule has 0 heterocycles. The molecule has 0 fully saturated rings. The molecule has 0 radical (unpaired) electrons. The summed E-state index contributed by atoms with van der Waals surface area (Å²) in [5.41, 5.74) is 5.34. The maximum atomic E-state index is 5.34. The number of allylic oxidation sites excluding steroid dienone is 1. The Labute approximate surface area is 83.4 Å². The van der Waals surface area contributed by atoms with Gasteiger partial charge in [0.2, 0.25) is 0 Å². The van der Waals surface area contributed by atoms with Gasteiger partial charge in [0.1, 0.15) is 0 Å². The SMILES string of the molecule is CC(C)C(C)CCCC/C=C/CN. The standard InChI is InChI=1S/C12H25N/c1-11(2)12(3)9-7-5-4-6-8-10-13/h6,8,11-12H,4-5,7,9-10,13H2,1-3H3/b8-6+. The maximum Gasteiger partial charge on any atom is 0.0106 e. The van der Waals surface area contributed by atoms with Gasteiger partial charge < -0.3 is 5.73 Å². The molecule has 0 saturated carbocycles. The Bertz CT molecular complexity index is 127. The highest BCUT2D eigenvalue weighted by molar-refractivity contribution is 4.81. The molecule has 0 aromatic heterocycles. The highest BCUT2D eigenvalue weighted by Gasteiger charge is 2.05. The second kappa shape index (κ2) is 8.31. The third-order valence-electron chi connectivity index (χ3n) is 2.72. The van der Waals surface area contributed by atoms with Crippen molar-refractivity contribution in [1.82, 2.24) is 0 Å². The highest BCUT2D eigenvalue weighted by atomic mass is 14.5. The van der Waals surface area contributed by atoms with Crippen molar-refractivity contribution in [3.05, 3.63) is 12.2 Å². The fraction of sp³-hybridized carbons (Fsp3) is 0.833. The summed E-state index contributed by atoms with van der Waals surface area (Å²) < 4.78 is 0. The first kappa shape index (κ1) is 12.7. The van der Waals surface area contributed by atoms with Gasteiger partial charge in [0, 0.05) is 6.54 Å². The molecular weight excluding hydrogens is 158 g/mol. The van der Waals surface area contributed by atoms with Crippen LogP contribution in [-0.2, 0) is 0 Å². The second-order valence-electron chi connectivity index (χ2n) is 4.21. The van der Waals surface area contributed by atoms with E-state index in [-0.39, 0.29) is 0 Å². The molecule has 0 aliphatic rings. The van der Waals surface area contributed by atoms with Gasteiger partial charge in [0.05, 0.1) is 0 Å². The summed E-state index contributed by atoms with van der Waals surface area (Å²) in [7, 11) is 0. The number of hydrogen-bond acceptors (Lipinski definition) is 1. The van der Waals surface area contributed by atoms with E-state index in [1.165, 1.54) is 25.7 Å². The van der Waals surface area contributed by atoms with E-state index in [1.54, 1.807) is 0 Å². The van der Waals surface area contributed by atoms with E-state index in [4.69, 9.17) is 5.73 Å². The lowest BCUT2D eigenvalue weighted by molar-refractivity contribution is 0.378. The van der Waals surface area contributed by atoms with E-state index in [0.29, 0.717) is 6.54 Å². The van der Waals surface area contributed by atoms with Crippen molar-refractivity contribution in [2.75, 3.05) is 6.54 Å². The maximum absolute atomic E-state index is 5.34. The van der Waals surface area contributed by atoms with Crippen LogP contribution >= 0.6 is 0 Å². The van der Waals surface area contributed by atoms with Crippen molar-refractivity contribution in [2.24, 2.45) is 17.6 Å². The predicted octanol–water partition coefficient (Wildman–Crippen LogP) is 3.35. The molecule has 0 aromatic carbocycles. The Morgan fingerprint density at radius 1 is 1.08 bits per heavy atom. The van der Waals surface area contributed by atoms with Crippen LogP contribution in [0.25, 0.3) is 0 Å². The molecular formula is C12H25N. The Morgan fingerprint density at radius 3 is 2.31 bits per heavy atom. The van der Waals surface area contributed by atoms with Crippen molar-refractivity contribution in [2.45, 2.75) is 46.5 Å². The number of hydrogen-bond donors (Lipinski definition) is 1. The normalized spacial score (nSPS) is 14.2. The van der Waals surface area contributed by atoms with Gasteiger partial charge in [-0.25, -0.2) is 0 Å². The molecule has 0 saturated heterocycles. The van der Waals surface area contributed by atoms with Gasteiger partial charge >= 0.3 is 0 Å². The van der Waals surface area contributed by atoms with Gasteiger partial charge in [-0.05, 0) is 24.7 Å². The van der Waals surface area contributed by atoms with Crippen LogP contribution in [0.3, 0.4) is 0 Å². The average molecular weight is 183 g/mol. The van der Waals surface area contributed by atoms with Crippen molar-refractivity contribution in [1.29, 1.82) is 0 Å². The molecule has 13 heavy (non-hydrogen) atoms. The molecule has 1 atom stereocenters. The Balaban J connectivity index is 3.20. The minimum atomic E-state index is 0.683. The molecule has 0 spiro atoms. The topological polar surface area (TPSA) is 26.0 Å². The summed E-state index contributed by atoms with van der Waals surface area (Å²) >= 11 is 0. The molecule has 0 amide bonds. The molecule has 0 aliphatic heterocycles. The Hall–Kier alpha value is -0.300. The van der Waals surface area contributed by atoms with E-state index in [9.17, 15) is 0 Å². The highest BCUT2D eigenvalue weighted by Crippen LogP contribution is 2.17. The third kappa shape index (κ3) is 8.04. The lowest BCUT2D eigenvalue weighted by atomic mass is 9.92. The minimum Gasteiger partial charge on any atom is -0.327 e. The number of unbranched alkanes of at least 4 members (excludes halogenated alkanes) is 2. The summed E-state index contributed by atoms with van der Waals surface area (Å²) in [5.74, 6) is 1.71. The van der Waals surface area contributed by atoms with E-state index in [2.05, 4.69) is 26.8 Å². The Kier molecular flexibility index (Phi) is 8.11. The fourth-order valence-electron chi connectivity index (χ4n) is 1.28. The zero-order valence-corrected chi connectivity index (χ0v) is 9.42. The predicted molar refractivity (Wildman–Crippen MR) is 60.7 cm³/mol. The zero-order chi connectivity index (χ0) is 10.1. The molecule has 2 N–H and O–H groups in total. The van der Waals surface area contributed by atoms with Gasteiger partial charge in [-0.2, -0.15) is 0 Å². The quantitative estimate of drug-likeness (QED) is 0.475. The van der Waals surface area contributed by atoms with Crippen LogP contribution in [0.2, 0.25) is 0 Å². The van der Waals surface area contributed by atoms with Crippen molar-refractivity contribution in [3.8, 4) is 0 Å². The first-order valence-electron chi connectivity index (χ1n) is 5.53. The van der Waals surface area contributed by atoms with Gasteiger partial charge in [0.25, 0.3) is 0 Å². The van der Waals surface area contributed by atoms with Gasteiger partial charge in [-0.1, -0.05) is 45.8 Å². The molecule has 1 unspecified atom stereocenters. The first-order chi connectivity index (χ1) is 6.18. The van der Waals surface area contributed by atoms with Crippen LogP contribution < -0.4 is 5.73 Å². The lowest BCUT2D eigenvalue weighted by Gasteiger charge is -2.14. The number of nitrogens with two attached hydrogens (primary N) is 1. The van der Waals surface area contributed by atoms with E-state index in [0.717, 1.165) is 11.8 Å². The lowest BCUT2D eigenvalue weighted by Crippen LogP contribution is -2.03. The van der Waals surface area contributed by atoms with E-state index >= 15 is 0 Å². The monoisotopic (exact) mass is 183 g/mol. The summed E-state index contributed by atoms with van der Waals surface area (Å²) in [6.45, 7) is 7.64. The smallest absolute Gasteiger partial charge is 0.0106 e. The third-order valence-corrected chi connectivity index (χ3v) is 2.72. The summed E-state index contributed by atoms with van der Waals surface area (Å²) in [5, 5.41) is 0.